The average Bonchev–Trinajstić information content (AvgIpc) is 2.53. The number of hydrogen-bond acceptors (Lipinski definition) is 2. The first kappa shape index (κ1) is 16.5. The van der Waals surface area contributed by atoms with Gasteiger partial charge in [0.05, 0.1) is 0 Å². The molecular formula is C18H25NO3. The van der Waals surface area contributed by atoms with Gasteiger partial charge in [-0.1, -0.05) is 25.5 Å². The van der Waals surface area contributed by atoms with Crippen LogP contribution >= 0.6 is 0 Å². The number of piperidine rings is 1. The Labute approximate surface area is 132 Å². The van der Waals surface area contributed by atoms with E-state index < -0.39 is 5.97 Å². The number of likely N-dealkylation sites (tertiary alicyclic amines) is 1. The van der Waals surface area contributed by atoms with E-state index in [0.29, 0.717) is 23.9 Å². The Kier molecular flexibility index (Phi) is 5.58. The second-order valence-electron chi connectivity index (χ2n) is 6.25. The fraction of sp³-hybridized carbons (Fsp3) is 0.556. The van der Waals surface area contributed by atoms with Crippen molar-refractivity contribution < 1.29 is 14.7 Å². The lowest BCUT2D eigenvalue weighted by Gasteiger charge is -2.38. The Hall–Kier alpha value is -1.84. The highest BCUT2D eigenvalue weighted by Crippen LogP contribution is 2.25. The van der Waals surface area contributed by atoms with E-state index in [2.05, 4.69) is 13.8 Å². The lowest BCUT2D eigenvalue weighted by molar-refractivity contribution is -0.136. The first-order valence-corrected chi connectivity index (χ1v) is 8.13. The van der Waals surface area contributed by atoms with Gasteiger partial charge in [0.15, 0.2) is 0 Å². The molecule has 2 atom stereocenters. The van der Waals surface area contributed by atoms with Crippen LogP contribution in [-0.2, 0) is 11.2 Å². The van der Waals surface area contributed by atoms with Gasteiger partial charge >= 0.3 is 5.97 Å². The van der Waals surface area contributed by atoms with Crippen LogP contribution in [0.5, 0.6) is 0 Å². The minimum atomic E-state index is -0.798. The monoisotopic (exact) mass is 303 g/mol. The summed E-state index contributed by atoms with van der Waals surface area (Å²) in [6, 6.07) is 7.66. The van der Waals surface area contributed by atoms with Crippen LogP contribution in [-0.4, -0.2) is 34.5 Å². The molecule has 0 spiro atoms. The van der Waals surface area contributed by atoms with Crippen molar-refractivity contribution in [1.29, 1.82) is 0 Å². The topological polar surface area (TPSA) is 57.6 Å². The number of hydrogen-bond donors (Lipinski definition) is 1. The number of amides is 1. The van der Waals surface area contributed by atoms with Gasteiger partial charge in [-0.25, -0.2) is 0 Å². The minimum absolute atomic E-state index is 0.0930. The number of carbonyl (C=O) groups excluding carboxylic acids is 1. The van der Waals surface area contributed by atoms with E-state index in [-0.39, 0.29) is 12.3 Å². The molecule has 0 saturated carbocycles. The van der Waals surface area contributed by atoms with Gasteiger partial charge in [-0.3, -0.25) is 9.59 Å². The van der Waals surface area contributed by atoms with Gasteiger partial charge in [-0.05, 0) is 49.8 Å². The Morgan fingerprint density at radius 1 is 1.23 bits per heavy atom. The van der Waals surface area contributed by atoms with Gasteiger partial charge in [0.1, 0.15) is 0 Å². The molecule has 1 saturated heterocycles. The SMILES string of the molecule is CC[C@@H]1CC[C@@H](C)N(C(=O)c2ccc(CCC(=O)O)cc2)C1. The van der Waals surface area contributed by atoms with Crippen molar-refractivity contribution in [2.45, 2.75) is 52.0 Å². The van der Waals surface area contributed by atoms with Crippen molar-refractivity contribution in [3.63, 3.8) is 0 Å². The Morgan fingerprint density at radius 2 is 1.91 bits per heavy atom. The zero-order chi connectivity index (χ0) is 16.1. The molecular weight excluding hydrogens is 278 g/mol. The fourth-order valence-electron chi connectivity index (χ4n) is 3.03. The van der Waals surface area contributed by atoms with Gasteiger partial charge in [-0.15, -0.1) is 0 Å². The molecule has 1 fully saturated rings. The molecule has 1 aliphatic heterocycles. The summed E-state index contributed by atoms with van der Waals surface area (Å²) in [5.74, 6) is -0.0988. The molecule has 0 radical (unpaired) electrons. The van der Waals surface area contributed by atoms with E-state index in [0.717, 1.165) is 24.9 Å². The standard InChI is InChI=1S/C18H25NO3/c1-3-14-5-4-13(2)19(12-14)18(22)16-9-6-15(7-10-16)8-11-17(20)21/h6-7,9-10,13-14H,3-5,8,11-12H2,1-2H3,(H,20,21)/t13-,14-/m1/s1. The van der Waals surface area contributed by atoms with Gasteiger partial charge in [0.2, 0.25) is 0 Å². The largest absolute Gasteiger partial charge is 0.481 e. The lowest BCUT2D eigenvalue weighted by Crippen LogP contribution is -2.45. The number of aryl methyl sites for hydroxylation is 1. The number of carbonyl (C=O) groups is 2. The van der Waals surface area contributed by atoms with Crippen LogP contribution in [0.4, 0.5) is 0 Å². The summed E-state index contributed by atoms with van der Waals surface area (Å²) in [7, 11) is 0. The average molecular weight is 303 g/mol. The van der Waals surface area contributed by atoms with Crippen LogP contribution in [0.25, 0.3) is 0 Å². The Bertz CT molecular complexity index is 524. The van der Waals surface area contributed by atoms with Crippen molar-refractivity contribution in [2.24, 2.45) is 5.92 Å². The third-order valence-corrected chi connectivity index (χ3v) is 4.65. The maximum Gasteiger partial charge on any atom is 0.303 e. The van der Waals surface area contributed by atoms with Crippen LogP contribution in [0.1, 0.15) is 55.5 Å². The zero-order valence-corrected chi connectivity index (χ0v) is 13.4. The quantitative estimate of drug-likeness (QED) is 0.907. The van der Waals surface area contributed by atoms with Crippen LogP contribution in [0.3, 0.4) is 0 Å². The maximum absolute atomic E-state index is 12.7. The van der Waals surface area contributed by atoms with Crippen LogP contribution in [0.2, 0.25) is 0 Å². The van der Waals surface area contributed by atoms with E-state index in [1.54, 1.807) is 0 Å². The summed E-state index contributed by atoms with van der Waals surface area (Å²) >= 11 is 0. The molecule has 4 heteroatoms. The molecule has 4 nitrogen and oxygen atoms in total. The third kappa shape index (κ3) is 4.09. The number of carboxylic acids is 1. The minimum Gasteiger partial charge on any atom is -0.481 e. The summed E-state index contributed by atoms with van der Waals surface area (Å²) < 4.78 is 0. The van der Waals surface area contributed by atoms with Crippen LogP contribution in [0, 0.1) is 5.92 Å². The molecule has 22 heavy (non-hydrogen) atoms. The smallest absolute Gasteiger partial charge is 0.303 e. The summed E-state index contributed by atoms with van der Waals surface area (Å²) in [5, 5.41) is 8.70. The van der Waals surface area contributed by atoms with Gasteiger partial charge in [0, 0.05) is 24.6 Å². The molecule has 0 unspecified atom stereocenters. The van der Waals surface area contributed by atoms with Crippen molar-refractivity contribution in [3.8, 4) is 0 Å². The van der Waals surface area contributed by atoms with Crippen molar-refractivity contribution >= 4 is 11.9 Å². The molecule has 120 valence electrons. The Balaban J connectivity index is 2.03. The summed E-state index contributed by atoms with van der Waals surface area (Å²) in [5.41, 5.74) is 1.65. The van der Waals surface area contributed by atoms with Crippen molar-refractivity contribution in [2.75, 3.05) is 6.54 Å². The lowest BCUT2D eigenvalue weighted by atomic mass is 9.91. The van der Waals surface area contributed by atoms with Crippen LogP contribution in [0.15, 0.2) is 24.3 Å². The predicted octanol–water partition coefficient (Wildman–Crippen LogP) is 3.35. The summed E-state index contributed by atoms with van der Waals surface area (Å²) in [4.78, 5) is 25.3. The zero-order valence-electron chi connectivity index (χ0n) is 13.4. The number of carboxylic acid groups (broad SMARTS) is 1. The number of aliphatic carboxylic acids is 1. The van der Waals surface area contributed by atoms with Gasteiger partial charge in [0.25, 0.3) is 5.91 Å². The maximum atomic E-state index is 12.7. The van der Waals surface area contributed by atoms with E-state index in [4.69, 9.17) is 5.11 Å². The molecule has 1 heterocycles. The van der Waals surface area contributed by atoms with Crippen molar-refractivity contribution in [1.82, 2.24) is 4.90 Å². The molecule has 1 N–H and O–H groups in total. The Morgan fingerprint density at radius 3 is 2.50 bits per heavy atom. The van der Waals surface area contributed by atoms with Crippen molar-refractivity contribution in [3.05, 3.63) is 35.4 Å². The highest BCUT2D eigenvalue weighted by molar-refractivity contribution is 5.94. The first-order chi connectivity index (χ1) is 10.5. The second-order valence-corrected chi connectivity index (χ2v) is 6.25. The molecule has 2 rings (SSSR count). The third-order valence-electron chi connectivity index (χ3n) is 4.65. The number of rotatable bonds is 5. The molecule has 0 bridgehead atoms. The highest BCUT2D eigenvalue weighted by Gasteiger charge is 2.28. The van der Waals surface area contributed by atoms with Crippen LogP contribution < -0.4 is 0 Å². The van der Waals surface area contributed by atoms with E-state index in [9.17, 15) is 9.59 Å². The molecule has 1 amide bonds. The second kappa shape index (κ2) is 7.43. The van der Waals surface area contributed by atoms with E-state index in [1.807, 2.05) is 29.2 Å². The number of nitrogens with zero attached hydrogens (tertiary/aromatic N) is 1. The van der Waals surface area contributed by atoms with Gasteiger partial charge in [-0.2, -0.15) is 0 Å². The van der Waals surface area contributed by atoms with E-state index in [1.165, 1.54) is 6.42 Å². The first-order valence-electron chi connectivity index (χ1n) is 8.13. The number of benzene rings is 1. The summed E-state index contributed by atoms with van der Waals surface area (Å²) in [6.45, 7) is 5.14. The normalized spacial score (nSPS) is 21.6. The molecule has 1 aromatic carbocycles. The highest BCUT2D eigenvalue weighted by atomic mass is 16.4. The molecule has 0 aliphatic carbocycles. The van der Waals surface area contributed by atoms with Gasteiger partial charge < -0.3 is 10.0 Å². The molecule has 0 aromatic heterocycles. The molecule has 1 aromatic rings. The molecule has 1 aliphatic rings. The predicted molar refractivity (Wildman–Crippen MR) is 85.9 cm³/mol. The summed E-state index contributed by atoms with van der Waals surface area (Å²) in [6.07, 6.45) is 4.01. The fourth-order valence-corrected chi connectivity index (χ4v) is 3.03. The van der Waals surface area contributed by atoms with E-state index >= 15 is 0 Å².